The predicted molar refractivity (Wildman–Crippen MR) is 87.9 cm³/mol. The highest BCUT2D eigenvalue weighted by Gasteiger charge is 2.23. The molecule has 0 bridgehead atoms. The molecule has 1 atom stereocenters. The molecule has 0 fully saturated rings. The number of hydrogen-bond donors (Lipinski definition) is 1. The van der Waals surface area contributed by atoms with E-state index in [4.69, 9.17) is 10.5 Å². The SMILES string of the molecule is COc1cccc(C(C)N2CCCc3c(N)cccc32)c1. The van der Waals surface area contributed by atoms with Crippen LogP contribution in [0.25, 0.3) is 0 Å². The Hall–Kier alpha value is -2.16. The molecule has 0 saturated heterocycles. The minimum absolute atomic E-state index is 0.306. The van der Waals surface area contributed by atoms with E-state index in [2.05, 4.69) is 36.1 Å². The van der Waals surface area contributed by atoms with Gasteiger partial charge in [0, 0.05) is 17.9 Å². The molecule has 21 heavy (non-hydrogen) atoms. The lowest BCUT2D eigenvalue weighted by atomic mass is 9.96. The van der Waals surface area contributed by atoms with Crippen molar-refractivity contribution in [3.05, 3.63) is 53.6 Å². The van der Waals surface area contributed by atoms with Gasteiger partial charge in [-0.25, -0.2) is 0 Å². The van der Waals surface area contributed by atoms with Crippen LogP contribution >= 0.6 is 0 Å². The topological polar surface area (TPSA) is 38.5 Å². The van der Waals surface area contributed by atoms with Crippen molar-refractivity contribution in [1.82, 2.24) is 0 Å². The standard InChI is InChI=1S/C18H22N2O/c1-13(14-6-3-7-15(12-14)21-2)20-11-5-8-16-17(19)9-4-10-18(16)20/h3-4,6-7,9-10,12-13H,5,8,11,19H2,1-2H3. The van der Waals surface area contributed by atoms with Crippen molar-refractivity contribution in [2.45, 2.75) is 25.8 Å². The van der Waals surface area contributed by atoms with Crippen LogP contribution in [0.2, 0.25) is 0 Å². The summed E-state index contributed by atoms with van der Waals surface area (Å²) in [6.07, 6.45) is 2.22. The third-order valence-electron chi connectivity index (χ3n) is 4.37. The molecule has 3 heteroatoms. The highest BCUT2D eigenvalue weighted by molar-refractivity contribution is 5.67. The Bertz CT molecular complexity index is 639. The highest BCUT2D eigenvalue weighted by Crippen LogP contribution is 2.37. The second kappa shape index (κ2) is 5.68. The number of nitrogen functional groups attached to an aromatic ring is 1. The number of ether oxygens (including phenoxy) is 1. The fourth-order valence-electron chi connectivity index (χ4n) is 3.16. The quantitative estimate of drug-likeness (QED) is 0.870. The van der Waals surface area contributed by atoms with Crippen molar-refractivity contribution < 1.29 is 4.74 Å². The Labute approximate surface area is 126 Å². The van der Waals surface area contributed by atoms with Gasteiger partial charge < -0.3 is 15.4 Å². The van der Waals surface area contributed by atoms with E-state index in [9.17, 15) is 0 Å². The van der Waals surface area contributed by atoms with Crippen molar-refractivity contribution in [1.29, 1.82) is 0 Å². The van der Waals surface area contributed by atoms with Gasteiger partial charge in [0.15, 0.2) is 0 Å². The second-order valence-electron chi connectivity index (χ2n) is 5.59. The first kappa shape index (κ1) is 13.8. The number of fused-ring (bicyclic) bond motifs is 1. The van der Waals surface area contributed by atoms with E-state index in [1.54, 1.807) is 7.11 Å². The Morgan fingerprint density at radius 3 is 2.81 bits per heavy atom. The molecule has 2 aromatic carbocycles. The molecule has 0 radical (unpaired) electrons. The maximum absolute atomic E-state index is 6.14. The van der Waals surface area contributed by atoms with Crippen molar-refractivity contribution in [3.63, 3.8) is 0 Å². The molecule has 3 nitrogen and oxygen atoms in total. The van der Waals surface area contributed by atoms with Crippen LogP contribution < -0.4 is 15.4 Å². The van der Waals surface area contributed by atoms with E-state index in [-0.39, 0.29) is 0 Å². The third kappa shape index (κ3) is 2.56. The Morgan fingerprint density at radius 1 is 1.19 bits per heavy atom. The van der Waals surface area contributed by atoms with Crippen LogP contribution in [0.1, 0.15) is 30.5 Å². The van der Waals surface area contributed by atoms with Crippen molar-refractivity contribution in [2.24, 2.45) is 0 Å². The smallest absolute Gasteiger partial charge is 0.119 e. The van der Waals surface area contributed by atoms with Gasteiger partial charge in [0.2, 0.25) is 0 Å². The Kier molecular flexibility index (Phi) is 3.74. The molecule has 110 valence electrons. The van der Waals surface area contributed by atoms with Crippen LogP contribution in [-0.2, 0) is 6.42 Å². The molecule has 0 aromatic heterocycles. The van der Waals surface area contributed by atoms with E-state index >= 15 is 0 Å². The molecule has 0 saturated carbocycles. The maximum Gasteiger partial charge on any atom is 0.119 e. The van der Waals surface area contributed by atoms with Crippen LogP contribution in [0.3, 0.4) is 0 Å². The van der Waals surface area contributed by atoms with Crippen LogP contribution in [0, 0.1) is 0 Å². The lowest BCUT2D eigenvalue weighted by molar-refractivity contribution is 0.413. The summed E-state index contributed by atoms with van der Waals surface area (Å²) in [5.41, 5.74) is 10.9. The van der Waals surface area contributed by atoms with Gasteiger partial charge in [0.25, 0.3) is 0 Å². The largest absolute Gasteiger partial charge is 0.497 e. The molecule has 3 rings (SSSR count). The Morgan fingerprint density at radius 2 is 2.00 bits per heavy atom. The molecule has 1 unspecified atom stereocenters. The van der Waals surface area contributed by atoms with Gasteiger partial charge in [-0.2, -0.15) is 0 Å². The molecule has 1 heterocycles. The normalized spacial score (nSPS) is 15.4. The number of nitrogens with zero attached hydrogens (tertiary/aromatic N) is 1. The van der Waals surface area contributed by atoms with Gasteiger partial charge in [0.05, 0.1) is 13.2 Å². The van der Waals surface area contributed by atoms with Gasteiger partial charge in [-0.05, 0) is 55.2 Å². The molecule has 2 aromatic rings. The molecular weight excluding hydrogens is 260 g/mol. The first-order valence-corrected chi connectivity index (χ1v) is 7.48. The van der Waals surface area contributed by atoms with E-state index in [1.807, 2.05) is 18.2 Å². The molecule has 0 spiro atoms. The summed E-state index contributed by atoms with van der Waals surface area (Å²) < 4.78 is 5.34. The number of methoxy groups -OCH3 is 1. The third-order valence-corrected chi connectivity index (χ3v) is 4.37. The fourth-order valence-corrected chi connectivity index (χ4v) is 3.16. The fraction of sp³-hybridized carbons (Fsp3) is 0.333. The van der Waals surface area contributed by atoms with Crippen LogP contribution in [-0.4, -0.2) is 13.7 Å². The summed E-state index contributed by atoms with van der Waals surface area (Å²) >= 11 is 0. The first-order chi connectivity index (χ1) is 10.2. The van der Waals surface area contributed by atoms with Crippen molar-refractivity contribution in [3.8, 4) is 5.75 Å². The maximum atomic E-state index is 6.14. The average molecular weight is 282 g/mol. The number of anilines is 2. The summed E-state index contributed by atoms with van der Waals surface area (Å²) in [5.74, 6) is 0.907. The minimum atomic E-state index is 0.306. The summed E-state index contributed by atoms with van der Waals surface area (Å²) in [6.45, 7) is 3.31. The summed E-state index contributed by atoms with van der Waals surface area (Å²) in [5, 5.41) is 0. The number of hydrogen-bond acceptors (Lipinski definition) is 3. The van der Waals surface area contributed by atoms with Gasteiger partial charge in [-0.1, -0.05) is 18.2 Å². The number of nitrogens with two attached hydrogens (primary N) is 1. The Balaban J connectivity index is 1.96. The zero-order chi connectivity index (χ0) is 14.8. The predicted octanol–water partition coefficient (Wildman–Crippen LogP) is 3.79. The number of rotatable bonds is 3. The zero-order valence-corrected chi connectivity index (χ0v) is 12.7. The van der Waals surface area contributed by atoms with Gasteiger partial charge >= 0.3 is 0 Å². The van der Waals surface area contributed by atoms with Crippen LogP contribution in [0.15, 0.2) is 42.5 Å². The van der Waals surface area contributed by atoms with E-state index < -0.39 is 0 Å². The summed E-state index contributed by atoms with van der Waals surface area (Å²) in [6, 6.07) is 14.8. The first-order valence-electron chi connectivity index (χ1n) is 7.48. The zero-order valence-electron chi connectivity index (χ0n) is 12.7. The second-order valence-corrected chi connectivity index (χ2v) is 5.59. The van der Waals surface area contributed by atoms with Crippen molar-refractivity contribution >= 4 is 11.4 Å². The molecule has 0 amide bonds. The minimum Gasteiger partial charge on any atom is -0.497 e. The van der Waals surface area contributed by atoms with E-state index in [0.29, 0.717) is 6.04 Å². The van der Waals surface area contributed by atoms with Gasteiger partial charge in [-0.3, -0.25) is 0 Å². The summed E-state index contributed by atoms with van der Waals surface area (Å²) in [7, 11) is 1.71. The van der Waals surface area contributed by atoms with E-state index in [0.717, 1.165) is 30.8 Å². The van der Waals surface area contributed by atoms with Crippen molar-refractivity contribution in [2.75, 3.05) is 24.3 Å². The van der Waals surface area contributed by atoms with Gasteiger partial charge in [-0.15, -0.1) is 0 Å². The average Bonchev–Trinajstić information content (AvgIpc) is 2.54. The van der Waals surface area contributed by atoms with E-state index in [1.165, 1.54) is 16.8 Å². The number of benzene rings is 2. The van der Waals surface area contributed by atoms with Crippen LogP contribution in [0.4, 0.5) is 11.4 Å². The van der Waals surface area contributed by atoms with Crippen LogP contribution in [0.5, 0.6) is 5.75 Å². The van der Waals surface area contributed by atoms with Gasteiger partial charge in [0.1, 0.15) is 5.75 Å². The molecule has 1 aliphatic heterocycles. The monoisotopic (exact) mass is 282 g/mol. The molecule has 2 N–H and O–H groups in total. The molecule has 0 aliphatic carbocycles. The lowest BCUT2D eigenvalue weighted by Gasteiger charge is -2.37. The molecule has 1 aliphatic rings. The lowest BCUT2D eigenvalue weighted by Crippen LogP contribution is -2.32. The highest BCUT2D eigenvalue weighted by atomic mass is 16.5. The molecular formula is C18H22N2O. The summed E-state index contributed by atoms with van der Waals surface area (Å²) in [4.78, 5) is 2.45.